The molecule has 1 aromatic carbocycles. The summed E-state index contributed by atoms with van der Waals surface area (Å²) in [6.07, 6.45) is 1.72. The molecular formula is C15H21NO3. The molecule has 104 valence electrons. The van der Waals surface area contributed by atoms with E-state index in [9.17, 15) is 4.79 Å². The van der Waals surface area contributed by atoms with E-state index in [1.165, 1.54) is 0 Å². The molecule has 0 radical (unpaired) electrons. The predicted molar refractivity (Wildman–Crippen MR) is 74.1 cm³/mol. The number of piperidine rings is 1. The number of carbonyl (C=O) groups is 1. The first-order chi connectivity index (χ1) is 9.10. The molecule has 0 unspecified atom stereocenters. The maximum Gasteiger partial charge on any atom is 0.172 e. The number of Topliss-reactive ketones (excluding diaryl/α,β-unsaturated/α-hetero) is 1. The fourth-order valence-electron chi connectivity index (χ4n) is 2.52. The van der Waals surface area contributed by atoms with Gasteiger partial charge < -0.3 is 14.8 Å². The zero-order valence-electron chi connectivity index (χ0n) is 11.8. The van der Waals surface area contributed by atoms with Gasteiger partial charge in [0.1, 0.15) is 11.5 Å². The van der Waals surface area contributed by atoms with Crippen molar-refractivity contribution >= 4 is 5.78 Å². The Morgan fingerprint density at radius 3 is 2.47 bits per heavy atom. The number of rotatable bonds is 4. The highest BCUT2D eigenvalue weighted by molar-refractivity contribution is 6.02. The third-order valence-electron chi connectivity index (χ3n) is 3.91. The molecule has 4 heteroatoms. The van der Waals surface area contributed by atoms with E-state index in [4.69, 9.17) is 9.47 Å². The van der Waals surface area contributed by atoms with Gasteiger partial charge in [-0.2, -0.15) is 0 Å². The van der Waals surface area contributed by atoms with Crippen LogP contribution in [0.2, 0.25) is 0 Å². The fraction of sp³-hybridized carbons (Fsp3) is 0.533. The van der Waals surface area contributed by atoms with Crippen LogP contribution in [0.4, 0.5) is 0 Å². The molecular weight excluding hydrogens is 242 g/mol. The van der Waals surface area contributed by atoms with Crippen LogP contribution >= 0.6 is 0 Å². The summed E-state index contributed by atoms with van der Waals surface area (Å²) in [7, 11) is 3.18. The van der Waals surface area contributed by atoms with E-state index >= 15 is 0 Å². The Balaban J connectivity index is 2.32. The Labute approximate surface area is 114 Å². The second kappa shape index (κ2) is 5.61. The van der Waals surface area contributed by atoms with Crippen molar-refractivity contribution in [1.29, 1.82) is 0 Å². The Morgan fingerprint density at radius 1 is 1.21 bits per heavy atom. The normalized spacial score (nSPS) is 17.8. The molecule has 0 amide bonds. The number of ketones is 1. The van der Waals surface area contributed by atoms with E-state index in [1.54, 1.807) is 32.4 Å². The third kappa shape index (κ3) is 2.73. The lowest BCUT2D eigenvalue weighted by Crippen LogP contribution is -2.40. The standard InChI is InChI=1S/C15H21NO3/c1-15(6-8-16-9-7-15)14(17)12-5-4-11(18-2)10-13(12)19-3/h4-5,10,16H,6-9H2,1-3H3. The topological polar surface area (TPSA) is 47.6 Å². The van der Waals surface area contributed by atoms with Crippen LogP contribution in [0.15, 0.2) is 18.2 Å². The number of benzene rings is 1. The van der Waals surface area contributed by atoms with Crippen LogP contribution in [0, 0.1) is 5.41 Å². The van der Waals surface area contributed by atoms with Crippen molar-refractivity contribution < 1.29 is 14.3 Å². The lowest BCUT2D eigenvalue weighted by Gasteiger charge is -2.33. The van der Waals surface area contributed by atoms with E-state index in [1.807, 2.05) is 6.92 Å². The van der Waals surface area contributed by atoms with E-state index < -0.39 is 0 Å². The summed E-state index contributed by atoms with van der Waals surface area (Å²) < 4.78 is 10.5. The highest BCUT2D eigenvalue weighted by Crippen LogP contribution is 2.36. The molecule has 0 saturated carbocycles. The van der Waals surface area contributed by atoms with Crippen molar-refractivity contribution in [3.63, 3.8) is 0 Å². The van der Waals surface area contributed by atoms with Gasteiger partial charge >= 0.3 is 0 Å². The van der Waals surface area contributed by atoms with Gasteiger partial charge in [0.15, 0.2) is 5.78 Å². The summed E-state index contributed by atoms with van der Waals surface area (Å²) >= 11 is 0. The summed E-state index contributed by atoms with van der Waals surface area (Å²) in [5, 5.41) is 3.29. The molecule has 0 atom stereocenters. The maximum absolute atomic E-state index is 12.8. The van der Waals surface area contributed by atoms with Crippen molar-refractivity contribution in [2.24, 2.45) is 5.41 Å². The average molecular weight is 263 g/mol. The predicted octanol–water partition coefficient (Wildman–Crippen LogP) is 2.28. The zero-order chi connectivity index (χ0) is 13.9. The van der Waals surface area contributed by atoms with E-state index in [2.05, 4.69) is 5.32 Å². The molecule has 0 bridgehead atoms. The van der Waals surface area contributed by atoms with Crippen LogP contribution in [0.5, 0.6) is 11.5 Å². The van der Waals surface area contributed by atoms with Crippen molar-refractivity contribution in [1.82, 2.24) is 5.32 Å². The number of ether oxygens (including phenoxy) is 2. The molecule has 1 heterocycles. The van der Waals surface area contributed by atoms with E-state index in [0.717, 1.165) is 25.9 Å². The summed E-state index contributed by atoms with van der Waals surface area (Å²) in [5.74, 6) is 1.45. The first-order valence-electron chi connectivity index (χ1n) is 6.58. The molecule has 0 spiro atoms. The monoisotopic (exact) mass is 263 g/mol. The molecule has 2 rings (SSSR count). The average Bonchev–Trinajstić information content (AvgIpc) is 2.46. The van der Waals surface area contributed by atoms with Crippen molar-refractivity contribution in [3.05, 3.63) is 23.8 Å². The smallest absolute Gasteiger partial charge is 0.172 e. The van der Waals surface area contributed by atoms with E-state index in [0.29, 0.717) is 17.1 Å². The van der Waals surface area contributed by atoms with Crippen LogP contribution in [0.25, 0.3) is 0 Å². The van der Waals surface area contributed by atoms with Gasteiger partial charge in [-0.15, -0.1) is 0 Å². The Kier molecular flexibility index (Phi) is 4.10. The minimum Gasteiger partial charge on any atom is -0.497 e. The molecule has 1 fully saturated rings. The molecule has 1 saturated heterocycles. The van der Waals surface area contributed by atoms with Gasteiger partial charge in [-0.3, -0.25) is 4.79 Å². The quantitative estimate of drug-likeness (QED) is 0.847. The minimum atomic E-state index is -0.298. The highest BCUT2D eigenvalue weighted by Gasteiger charge is 2.36. The molecule has 1 aromatic rings. The number of hydrogen-bond acceptors (Lipinski definition) is 4. The van der Waals surface area contributed by atoms with Crippen LogP contribution in [-0.4, -0.2) is 33.1 Å². The number of nitrogens with one attached hydrogen (secondary N) is 1. The van der Waals surface area contributed by atoms with Crippen LogP contribution in [0.1, 0.15) is 30.1 Å². The maximum atomic E-state index is 12.8. The van der Waals surface area contributed by atoms with Crippen LogP contribution < -0.4 is 14.8 Å². The molecule has 1 aliphatic rings. The lowest BCUT2D eigenvalue weighted by atomic mass is 9.75. The number of methoxy groups -OCH3 is 2. The van der Waals surface area contributed by atoms with Gasteiger partial charge in [-0.1, -0.05) is 6.92 Å². The van der Waals surface area contributed by atoms with Gasteiger partial charge in [0.2, 0.25) is 0 Å². The minimum absolute atomic E-state index is 0.161. The molecule has 0 aliphatic carbocycles. The summed E-state index contributed by atoms with van der Waals surface area (Å²) in [4.78, 5) is 12.8. The Bertz CT molecular complexity index is 464. The van der Waals surface area contributed by atoms with Gasteiger partial charge in [0.05, 0.1) is 19.8 Å². The fourth-order valence-corrected chi connectivity index (χ4v) is 2.52. The van der Waals surface area contributed by atoms with Crippen LogP contribution in [0.3, 0.4) is 0 Å². The lowest BCUT2D eigenvalue weighted by molar-refractivity contribution is 0.0759. The summed E-state index contributed by atoms with van der Waals surface area (Å²) in [6.45, 7) is 3.82. The molecule has 1 N–H and O–H groups in total. The number of hydrogen-bond donors (Lipinski definition) is 1. The second-order valence-corrected chi connectivity index (χ2v) is 5.21. The highest BCUT2D eigenvalue weighted by atomic mass is 16.5. The van der Waals surface area contributed by atoms with Gasteiger partial charge in [-0.25, -0.2) is 0 Å². The van der Waals surface area contributed by atoms with Crippen molar-refractivity contribution in [3.8, 4) is 11.5 Å². The van der Waals surface area contributed by atoms with Gasteiger partial charge in [0, 0.05) is 11.5 Å². The van der Waals surface area contributed by atoms with Gasteiger partial charge in [0.25, 0.3) is 0 Å². The molecule has 1 aliphatic heterocycles. The summed E-state index contributed by atoms with van der Waals surface area (Å²) in [6, 6.07) is 5.37. The Morgan fingerprint density at radius 2 is 1.89 bits per heavy atom. The second-order valence-electron chi connectivity index (χ2n) is 5.21. The van der Waals surface area contributed by atoms with Crippen LogP contribution in [-0.2, 0) is 0 Å². The molecule has 0 aromatic heterocycles. The SMILES string of the molecule is COc1ccc(C(=O)C2(C)CCNCC2)c(OC)c1. The first-order valence-corrected chi connectivity index (χ1v) is 6.58. The summed E-state index contributed by atoms with van der Waals surface area (Å²) in [5.41, 5.74) is 0.348. The Hall–Kier alpha value is -1.55. The number of carbonyl (C=O) groups excluding carboxylic acids is 1. The zero-order valence-corrected chi connectivity index (χ0v) is 11.8. The largest absolute Gasteiger partial charge is 0.497 e. The molecule has 19 heavy (non-hydrogen) atoms. The van der Waals surface area contributed by atoms with Crippen molar-refractivity contribution in [2.75, 3.05) is 27.3 Å². The third-order valence-corrected chi connectivity index (χ3v) is 3.91. The van der Waals surface area contributed by atoms with E-state index in [-0.39, 0.29) is 11.2 Å². The van der Waals surface area contributed by atoms with Gasteiger partial charge in [-0.05, 0) is 38.1 Å². The molecule has 4 nitrogen and oxygen atoms in total. The van der Waals surface area contributed by atoms with Crippen molar-refractivity contribution in [2.45, 2.75) is 19.8 Å². The first kappa shape index (κ1) is 13.9.